The first-order valence-corrected chi connectivity index (χ1v) is 8.24. The smallest absolute Gasteiger partial charge is 0.250 e. The van der Waals surface area contributed by atoms with Crippen molar-refractivity contribution in [2.75, 3.05) is 0 Å². The Bertz CT molecular complexity index is 768. The van der Waals surface area contributed by atoms with Gasteiger partial charge in [0, 0.05) is 23.1 Å². The molecule has 2 saturated carbocycles. The summed E-state index contributed by atoms with van der Waals surface area (Å²) in [6.07, 6.45) is 5.92. The van der Waals surface area contributed by atoms with E-state index in [9.17, 15) is 4.79 Å². The van der Waals surface area contributed by atoms with Crippen LogP contribution in [0.1, 0.15) is 56.4 Å². The van der Waals surface area contributed by atoms with Crippen LogP contribution in [0.2, 0.25) is 0 Å². The molecule has 2 N–H and O–H groups in total. The van der Waals surface area contributed by atoms with Gasteiger partial charge in [-0.15, -0.1) is 0 Å². The maximum absolute atomic E-state index is 11.9. The van der Waals surface area contributed by atoms with Crippen molar-refractivity contribution in [3.63, 3.8) is 0 Å². The summed E-state index contributed by atoms with van der Waals surface area (Å²) in [6.45, 7) is 7.21. The van der Waals surface area contributed by atoms with E-state index in [0.29, 0.717) is 17.0 Å². The predicted octanol–water partition coefficient (Wildman–Crippen LogP) is 4.13. The Morgan fingerprint density at radius 2 is 2.00 bits per heavy atom. The Morgan fingerprint density at radius 1 is 1.27 bits per heavy atom. The molecule has 2 bridgehead atoms. The van der Waals surface area contributed by atoms with E-state index < -0.39 is 0 Å². The molecule has 0 spiro atoms. The number of carbonyl (C=O) groups excluding carboxylic acids is 1. The van der Waals surface area contributed by atoms with Crippen LogP contribution in [-0.2, 0) is 0 Å². The Balaban J connectivity index is 1.97. The molecule has 4 rings (SSSR count). The van der Waals surface area contributed by atoms with Crippen molar-refractivity contribution in [3.05, 3.63) is 36.0 Å². The normalized spacial score (nSPS) is 32.7. The summed E-state index contributed by atoms with van der Waals surface area (Å²) < 4.78 is 2.36. The summed E-state index contributed by atoms with van der Waals surface area (Å²) in [5.74, 6) is 0.446. The van der Waals surface area contributed by atoms with E-state index in [0.717, 1.165) is 16.8 Å². The molecule has 0 aliphatic heterocycles. The fourth-order valence-electron chi connectivity index (χ4n) is 5.58. The number of hydrogen-bond acceptors (Lipinski definition) is 1. The summed E-state index contributed by atoms with van der Waals surface area (Å²) in [5, 5.41) is 0.983. The highest BCUT2D eigenvalue weighted by Crippen LogP contribution is 2.68. The summed E-state index contributed by atoms with van der Waals surface area (Å²) in [7, 11) is 0. The second kappa shape index (κ2) is 4.15. The Morgan fingerprint density at radius 3 is 2.64 bits per heavy atom. The molecule has 2 aliphatic carbocycles. The SMILES string of the molecule is CC1(C)[C@H]2CC[C@@](C)(C2)[C@@H]1n1cc(C(N)=O)c2ccccc21. The van der Waals surface area contributed by atoms with Crippen molar-refractivity contribution in [1.82, 2.24) is 4.57 Å². The van der Waals surface area contributed by atoms with Gasteiger partial charge in [-0.3, -0.25) is 4.79 Å². The zero-order chi connectivity index (χ0) is 15.7. The van der Waals surface area contributed by atoms with Gasteiger partial charge >= 0.3 is 0 Å². The number of carbonyl (C=O) groups is 1. The number of benzene rings is 1. The molecule has 116 valence electrons. The average molecular weight is 296 g/mol. The highest BCUT2D eigenvalue weighted by Gasteiger charge is 2.60. The van der Waals surface area contributed by atoms with Gasteiger partial charge in [0.05, 0.1) is 5.56 Å². The van der Waals surface area contributed by atoms with Crippen LogP contribution in [0.5, 0.6) is 0 Å². The van der Waals surface area contributed by atoms with E-state index >= 15 is 0 Å². The monoisotopic (exact) mass is 296 g/mol. The van der Waals surface area contributed by atoms with Crippen LogP contribution in [0.15, 0.2) is 30.5 Å². The third-order valence-corrected chi connectivity index (χ3v) is 6.48. The molecule has 1 amide bonds. The number of hydrogen-bond donors (Lipinski definition) is 1. The second-order valence-electron chi connectivity index (χ2n) is 8.15. The average Bonchev–Trinajstić information content (AvgIpc) is 3.06. The summed E-state index contributed by atoms with van der Waals surface area (Å²) >= 11 is 0. The van der Waals surface area contributed by atoms with Crippen LogP contribution in [0.3, 0.4) is 0 Å². The first-order valence-electron chi connectivity index (χ1n) is 8.24. The van der Waals surface area contributed by atoms with Crippen molar-refractivity contribution in [3.8, 4) is 0 Å². The van der Waals surface area contributed by atoms with E-state index in [-0.39, 0.29) is 11.3 Å². The Labute approximate surface area is 131 Å². The fraction of sp³-hybridized carbons (Fsp3) is 0.526. The van der Waals surface area contributed by atoms with Crippen LogP contribution >= 0.6 is 0 Å². The van der Waals surface area contributed by atoms with Gasteiger partial charge in [-0.05, 0) is 42.1 Å². The third-order valence-electron chi connectivity index (χ3n) is 6.48. The Hall–Kier alpha value is -1.77. The van der Waals surface area contributed by atoms with Crippen molar-refractivity contribution in [2.24, 2.45) is 22.5 Å². The van der Waals surface area contributed by atoms with Crippen molar-refractivity contribution >= 4 is 16.8 Å². The summed E-state index contributed by atoms with van der Waals surface area (Å²) in [4.78, 5) is 11.9. The lowest BCUT2D eigenvalue weighted by atomic mass is 9.68. The number of aromatic nitrogens is 1. The molecule has 3 nitrogen and oxygen atoms in total. The van der Waals surface area contributed by atoms with Gasteiger partial charge < -0.3 is 10.3 Å². The molecule has 2 fully saturated rings. The molecule has 2 aromatic rings. The number of nitrogens with zero attached hydrogens (tertiary/aromatic N) is 1. The molecule has 0 unspecified atom stereocenters. The van der Waals surface area contributed by atoms with Crippen molar-refractivity contribution < 1.29 is 4.79 Å². The van der Waals surface area contributed by atoms with Crippen molar-refractivity contribution in [2.45, 2.75) is 46.1 Å². The number of nitrogens with two attached hydrogens (primary N) is 1. The lowest BCUT2D eigenvalue weighted by Gasteiger charge is -2.44. The van der Waals surface area contributed by atoms with Crippen LogP contribution in [-0.4, -0.2) is 10.5 Å². The van der Waals surface area contributed by atoms with Crippen LogP contribution in [0, 0.1) is 16.7 Å². The number of primary amides is 1. The summed E-state index contributed by atoms with van der Waals surface area (Å²) in [5.41, 5.74) is 7.99. The lowest BCUT2D eigenvalue weighted by Crippen LogP contribution is -2.37. The molecule has 1 aromatic heterocycles. The maximum Gasteiger partial charge on any atom is 0.250 e. The van der Waals surface area contributed by atoms with Crippen LogP contribution in [0.4, 0.5) is 0 Å². The van der Waals surface area contributed by atoms with Gasteiger partial charge in [-0.1, -0.05) is 39.0 Å². The van der Waals surface area contributed by atoms with Gasteiger partial charge in [0.15, 0.2) is 0 Å². The molecular formula is C19H24N2O. The molecule has 1 aromatic carbocycles. The van der Waals surface area contributed by atoms with E-state index in [1.165, 1.54) is 19.3 Å². The minimum Gasteiger partial charge on any atom is -0.366 e. The molecule has 0 saturated heterocycles. The Kier molecular flexibility index (Phi) is 2.62. The molecule has 1 heterocycles. The van der Waals surface area contributed by atoms with Crippen LogP contribution < -0.4 is 5.73 Å². The number of rotatable bonds is 2. The van der Waals surface area contributed by atoms with Gasteiger partial charge in [-0.25, -0.2) is 0 Å². The number of para-hydroxylation sites is 1. The standard InChI is InChI=1S/C19H24N2O/c1-18(2)12-8-9-19(3,10-12)17(18)21-11-14(16(20)22)13-6-4-5-7-15(13)21/h4-7,11-12,17H,8-10H2,1-3H3,(H2,20,22)/t12-,17+,19-/m0/s1. The highest BCUT2D eigenvalue weighted by molar-refractivity contribution is 6.06. The predicted molar refractivity (Wildman–Crippen MR) is 88.7 cm³/mol. The molecule has 3 heteroatoms. The molecular weight excluding hydrogens is 272 g/mol. The maximum atomic E-state index is 11.9. The van der Waals surface area contributed by atoms with E-state index in [1.807, 2.05) is 24.4 Å². The number of fused-ring (bicyclic) bond motifs is 3. The first kappa shape index (κ1) is 13.9. The molecule has 0 radical (unpaired) electrons. The fourth-order valence-corrected chi connectivity index (χ4v) is 5.58. The second-order valence-corrected chi connectivity index (χ2v) is 8.15. The van der Waals surface area contributed by atoms with Crippen LogP contribution in [0.25, 0.3) is 10.9 Å². The minimum absolute atomic E-state index is 0.254. The van der Waals surface area contributed by atoms with Crippen molar-refractivity contribution in [1.29, 1.82) is 0 Å². The largest absolute Gasteiger partial charge is 0.366 e. The molecule has 2 aliphatic rings. The molecule has 3 atom stereocenters. The van der Waals surface area contributed by atoms with Gasteiger partial charge in [0.25, 0.3) is 5.91 Å². The lowest BCUT2D eigenvalue weighted by molar-refractivity contribution is 0.0864. The first-order chi connectivity index (χ1) is 10.3. The van der Waals surface area contributed by atoms with Gasteiger partial charge in [0.2, 0.25) is 0 Å². The number of amides is 1. The zero-order valence-electron chi connectivity index (χ0n) is 13.6. The van der Waals surface area contributed by atoms with Gasteiger partial charge in [-0.2, -0.15) is 0 Å². The van der Waals surface area contributed by atoms with E-state index in [2.05, 4.69) is 31.4 Å². The van der Waals surface area contributed by atoms with Gasteiger partial charge in [0.1, 0.15) is 0 Å². The topological polar surface area (TPSA) is 48.0 Å². The minimum atomic E-state index is -0.332. The quantitative estimate of drug-likeness (QED) is 0.890. The summed E-state index contributed by atoms with van der Waals surface area (Å²) in [6, 6.07) is 8.58. The van der Waals surface area contributed by atoms with E-state index in [4.69, 9.17) is 5.73 Å². The molecule has 22 heavy (non-hydrogen) atoms. The van der Waals surface area contributed by atoms with E-state index in [1.54, 1.807) is 0 Å². The highest BCUT2D eigenvalue weighted by atomic mass is 16.1. The third kappa shape index (κ3) is 1.60. The zero-order valence-corrected chi connectivity index (χ0v) is 13.6.